The summed E-state index contributed by atoms with van der Waals surface area (Å²) >= 11 is 1.37. The molecule has 2 rings (SSSR count). The van der Waals surface area contributed by atoms with Crippen LogP contribution < -0.4 is 20.5 Å². The number of hydrogen-bond acceptors (Lipinski definition) is 5. The lowest BCUT2D eigenvalue weighted by Gasteiger charge is -2.15. The van der Waals surface area contributed by atoms with E-state index in [4.69, 9.17) is 15.2 Å². The van der Waals surface area contributed by atoms with Crippen LogP contribution in [-0.4, -0.2) is 31.3 Å². The predicted octanol–water partition coefficient (Wildman–Crippen LogP) is 2.92. The number of ether oxygens (including phenoxy) is 2. The number of nitrogens with one attached hydrogen (secondary N) is 1. The van der Waals surface area contributed by atoms with Crippen molar-refractivity contribution in [3.05, 3.63) is 48.0 Å². The number of nitrogens with two attached hydrogens (primary N) is 1. The molecule has 0 aromatic heterocycles. The first kappa shape index (κ1) is 18.7. The van der Waals surface area contributed by atoms with Crippen LogP contribution in [0.5, 0.6) is 11.5 Å². The molecule has 7 heteroatoms. The van der Waals surface area contributed by atoms with E-state index in [1.54, 1.807) is 51.5 Å². The number of para-hydroxylation sites is 1. The number of carbonyl (C=O) groups is 2. The number of carbonyl (C=O) groups excluding carboxylic acids is 2. The van der Waals surface area contributed by atoms with E-state index < -0.39 is 5.91 Å². The van der Waals surface area contributed by atoms with Crippen LogP contribution in [0.3, 0.4) is 0 Å². The molecule has 6 nitrogen and oxygen atoms in total. The quantitative estimate of drug-likeness (QED) is 0.741. The standard InChI is InChI=1S/C18H20N2O4S/c1-11(25-12-8-9-15(23-2)16(10-12)24-3)18(22)20-14-7-5-4-6-13(14)17(19)21/h4-11H,1-3H3,(H2,19,21)(H,20,22)/t11-/m0/s1. The molecule has 0 unspecified atom stereocenters. The van der Waals surface area contributed by atoms with Crippen molar-refractivity contribution in [2.45, 2.75) is 17.1 Å². The van der Waals surface area contributed by atoms with Gasteiger partial charge in [0.2, 0.25) is 5.91 Å². The third kappa shape index (κ3) is 4.67. The summed E-state index contributed by atoms with van der Waals surface area (Å²) in [5.74, 6) is 0.406. The molecule has 1 atom stereocenters. The average Bonchev–Trinajstić information content (AvgIpc) is 2.61. The lowest BCUT2D eigenvalue weighted by Crippen LogP contribution is -2.24. The Labute approximate surface area is 150 Å². The lowest BCUT2D eigenvalue weighted by atomic mass is 10.1. The van der Waals surface area contributed by atoms with Gasteiger partial charge in [-0.1, -0.05) is 12.1 Å². The Kier molecular flexibility index (Phi) is 6.30. The number of amides is 2. The molecule has 132 valence electrons. The van der Waals surface area contributed by atoms with Crippen LogP contribution >= 0.6 is 11.8 Å². The van der Waals surface area contributed by atoms with Crippen molar-refractivity contribution in [2.24, 2.45) is 5.73 Å². The van der Waals surface area contributed by atoms with E-state index in [9.17, 15) is 9.59 Å². The third-order valence-electron chi connectivity index (χ3n) is 3.49. The summed E-state index contributed by atoms with van der Waals surface area (Å²) in [4.78, 5) is 24.7. The first-order valence-corrected chi connectivity index (χ1v) is 8.42. The number of hydrogen-bond donors (Lipinski definition) is 2. The molecule has 0 radical (unpaired) electrons. The van der Waals surface area contributed by atoms with Gasteiger partial charge in [-0.2, -0.15) is 0 Å². The molecule has 0 saturated carbocycles. The van der Waals surface area contributed by atoms with Crippen molar-refractivity contribution < 1.29 is 19.1 Å². The largest absolute Gasteiger partial charge is 0.493 e. The SMILES string of the molecule is COc1ccc(S[C@@H](C)C(=O)Nc2ccccc2C(N)=O)cc1OC. The van der Waals surface area contributed by atoms with E-state index in [1.807, 2.05) is 12.1 Å². The Morgan fingerprint density at radius 2 is 1.76 bits per heavy atom. The highest BCUT2D eigenvalue weighted by Gasteiger charge is 2.18. The van der Waals surface area contributed by atoms with E-state index in [1.165, 1.54) is 11.8 Å². The summed E-state index contributed by atoms with van der Waals surface area (Å²) in [7, 11) is 3.13. The van der Waals surface area contributed by atoms with Gasteiger partial charge in [0.1, 0.15) is 0 Å². The highest BCUT2D eigenvalue weighted by Crippen LogP contribution is 2.33. The molecule has 0 aliphatic carbocycles. The molecule has 0 saturated heterocycles. The Morgan fingerprint density at radius 3 is 2.40 bits per heavy atom. The van der Waals surface area contributed by atoms with Gasteiger partial charge in [0.25, 0.3) is 5.91 Å². The van der Waals surface area contributed by atoms with Crippen LogP contribution in [0, 0.1) is 0 Å². The van der Waals surface area contributed by atoms with Gasteiger partial charge in [0.15, 0.2) is 11.5 Å². The molecule has 2 amide bonds. The number of benzene rings is 2. The molecule has 0 spiro atoms. The summed E-state index contributed by atoms with van der Waals surface area (Å²) in [6, 6.07) is 12.1. The minimum atomic E-state index is -0.587. The molecule has 2 aromatic rings. The zero-order valence-electron chi connectivity index (χ0n) is 14.2. The first-order chi connectivity index (χ1) is 12.0. The van der Waals surface area contributed by atoms with Crippen LogP contribution in [0.1, 0.15) is 17.3 Å². The van der Waals surface area contributed by atoms with Crippen LogP contribution in [0.25, 0.3) is 0 Å². The molecular formula is C18H20N2O4S. The smallest absolute Gasteiger partial charge is 0.250 e. The highest BCUT2D eigenvalue weighted by atomic mass is 32.2. The number of thioether (sulfide) groups is 1. The van der Waals surface area contributed by atoms with Crippen molar-refractivity contribution in [2.75, 3.05) is 19.5 Å². The van der Waals surface area contributed by atoms with E-state index >= 15 is 0 Å². The van der Waals surface area contributed by atoms with Crippen molar-refractivity contribution >= 4 is 29.3 Å². The Morgan fingerprint density at radius 1 is 1.08 bits per heavy atom. The molecule has 0 aliphatic heterocycles. The predicted molar refractivity (Wildman–Crippen MR) is 98.5 cm³/mol. The second kappa shape index (κ2) is 8.43. The first-order valence-electron chi connectivity index (χ1n) is 7.54. The number of rotatable bonds is 7. The monoisotopic (exact) mass is 360 g/mol. The maximum Gasteiger partial charge on any atom is 0.250 e. The second-order valence-corrected chi connectivity index (χ2v) is 6.59. The highest BCUT2D eigenvalue weighted by molar-refractivity contribution is 8.00. The third-order valence-corrected chi connectivity index (χ3v) is 4.58. The van der Waals surface area contributed by atoms with E-state index in [0.717, 1.165) is 4.90 Å². The van der Waals surface area contributed by atoms with Crippen LogP contribution in [0.15, 0.2) is 47.4 Å². The van der Waals surface area contributed by atoms with Gasteiger partial charge in [-0.3, -0.25) is 9.59 Å². The number of primary amides is 1. The lowest BCUT2D eigenvalue weighted by molar-refractivity contribution is -0.115. The summed E-state index contributed by atoms with van der Waals surface area (Å²) < 4.78 is 10.5. The molecule has 0 heterocycles. The average molecular weight is 360 g/mol. The Bertz CT molecular complexity index is 779. The zero-order valence-corrected chi connectivity index (χ0v) is 15.1. The van der Waals surface area contributed by atoms with Crippen molar-refractivity contribution in [1.82, 2.24) is 0 Å². The maximum absolute atomic E-state index is 12.4. The molecule has 2 aromatic carbocycles. The van der Waals surface area contributed by atoms with Gasteiger partial charge >= 0.3 is 0 Å². The van der Waals surface area contributed by atoms with Crippen molar-refractivity contribution in [1.29, 1.82) is 0 Å². The topological polar surface area (TPSA) is 90.6 Å². The van der Waals surface area contributed by atoms with Gasteiger partial charge in [-0.25, -0.2) is 0 Å². The molecule has 0 bridgehead atoms. The fraction of sp³-hybridized carbons (Fsp3) is 0.222. The fourth-order valence-corrected chi connectivity index (χ4v) is 3.08. The van der Waals surface area contributed by atoms with Crippen molar-refractivity contribution in [3.8, 4) is 11.5 Å². The van der Waals surface area contributed by atoms with E-state index in [2.05, 4.69) is 5.32 Å². The van der Waals surface area contributed by atoms with Gasteiger partial charge in [0.05, 0.1) is 30.7 Å². The molecular weight excluding hydrogens is 340 g/mol. The zero-order chi connectivity index (χ0) is 18.4. The van der Waals surface area contributed by atoms with E-state index in [0.29, 0.717) is 17.2 Å². The van der Waals surface area contributed by atoms with E-state index in [-0.39, 0.29) is 16.7 Å². The second-order valence-electron chi connectivity index (χ2n) is 5.18. The molecule has 25 heavy (non-hydrogen) atoms. The molecule has 0 fully saturated rings. The Hall–Kier alpha value is -2.67. The maximum atomic E-state index is 12.4. The fourth-order valence-electron chi connectivity index (χ4n) is 2.19. The van der Waals surface area contributed by atoms with Gasteiger partial charge in [-0.05, 0) is 37.3 Å². The van der Waals surface area contributed by atoms with Crippen LogP contribution in [0.4, 0.5) is 5.69 Å². The minimum Gasteiger partial charge on any atom is -0.493 e. The van der Waals surface area contributed by atoms with Gasteiger partial charge in [-0.15, -0.1) is 11.8 Å². The van der Waals surface area contributed by atoms with Gasteiger partial charge < -0.3 is 20.5 Å². The summed E-state index contributed by atoms with van der Waals surface area (Å²) in [6.07, 6.45) is 0. The molecule has 3 N–H and O–H groups in total. The minimum absolute atomic E-state index is 0.228. The van der Waals surface area contributed by atoms with Crippen LogP contribution in [0.2, 0.25) is 0 Å². The van der Waals surface area contributed by atoms with Crippen molar-refractivity contribution in [3.63, 3.8) is 0 Å². The van der Waals surface area contributed by atoms with Gasteiger partial charge in [0, 0.05) is 4.90 Å². The summed E-state index contributed by atoms with van der Waals surface area (Å²) in [6.45, 7) is 1.78. The number of anilines is 1. The summed E-state index contributed by atoms with van der Waals surface area (Å²) in [5.41, 5.74) is 6.01. The normalized spacial score (nSPS) is 11.5. The van der Waals surface area contributed by atoms with Crippen LogP contribution in [-0.2, 0) is 4.79 Å². The Balaban J connectivity index is 2.10. The summed E-state index contributed by atoms with van der Waals surface area (Å²) in [5, 5.41) is 2.36. The molecule has 0 aliphatic rings. The number of methoxy groups -OCH3 is 2.